The molecule has 1 atom stereocenters. The standard InChI is InChI=1S/C19H26N2O4/c1-13-4-5-17(25-3)16(10-13)21-12-14(11-18(21)22)19(23)20-8-6-15(24-2)7-9-20/h4-5,10,14-15H,6-9,11-12H2,1-3H3/t14-/m0/s1. The van der Waals surface area contributed by atoms with Crippen molar-refractivity contribution in [3.63, 3.8) is 0 Å². The lowest BCUT2D eigenvalue weighted by molar-refractivity contribution is -0.138. The number of carbonyl (C=O) groups excluding carboxylic acids is 2. The molecule has 0 aliphatic carbocycles. The molecule has 1 aromatic rings. The highest BCUT2D eigenvalue weighted by molar-refractivity contribution is 6.01. The fourth-order valence-electron chi connectivity index (χ4n) is 3.69. The predicted molar refractivity (Wildman–Crippen MR) is 94.8 cm³/mol. The molecule has 6 nitrogen and oxygen atoms in total. The lowest BCUT2D eigenvalue weighted by Gasteiger charge is -2.32. The molecular formula is C19H26N2O4. The Morgan fingerprint density at radius 3 is 2.56 bits per heavy atom. The number of hydrogen-bond donors (Lipinski definition) is 0. The van der Waals surface area contributed by atoms with Gasteiger partial charge in [0.05, 0.1) is 24.8 Å². The molecule has 2 amide bonds. The lowest BCUT2D eigenvalue weighted by Crippen LogP contribution is -2.44. The van der Waals surface area contributed by atoms with Crippen molar-refractivity contribution < 1.29 is 19.1 Å². The summed E-state index contributed by atoms with van der Waals surface area (Å²) in [5.74, 6) is 0.441. The molecule has 0 radical (unpaired) electrons. The molecule has 25 heavy (non-hydrogen) atoms. The highest BCUT2D eigenvalue weighted by atomic mass is 16.5. The summed E-state index contributed by atoms with van der Waals surface area (Å²) in [7, 11) is 3.31. The van der Waals surface area contributed by atoms with Crippen LogP contribution in [0.2, 0.25) is 0 Å². The number of aryl methyl sites for hydroxylation is 1. The lowest BCUT2D eigenvalue weighted by atomic mass is 10.0. The zero-order valence-electron chi connectivity index (χ0n) is 15.2. The molecule has 2 saturated heterocycles. The van der Waals surface area contributed by atoms with Crippen molar-refractivity contribution in [1.82, 2.24) is 4.90 Å². The first-order valence-electron chi connectivity index (χ1n) is 8.80. The number of ether oxygens (including phenoxy) is 2. The summed E-state index contributed by atoms with van der Waals surface area (Å²) in [5.41, 5.74) is 1.81. The molecule has 136 valence electrons. The minimum absolute atomic E-state index is 0.0194. The molecule has 2 fully saturated rings. The van der Waals surface area contributed by atoms with Gasteiger partial charge in [-0.3, -0.25) is 9.59 Å². The summed E-state index contributed by atoms with van der Waals surface area (Å²) in [6.07, 6.45) is 2.22. The van der Waals surface area contributed by atoms with Crippen LogP contribution in [-0.2, 0) is 14.3 Å². The van der Waals surface area contributed by atoms with Gasteiger partial charge in [-0.1, -0.05) is 6.07 Å². The second kappa shape index (κ2) is 7.44. The molecule has 0 saturated carbocycles. The zero-order chi connectivity index (χ0) is 18.0. The smallest absolute Gasteiger partial charge is 0.228 e. The molecule has 6 heteroatoms. The van der Waals surface area contributed by atoms with E-state index >= 15 is 0 Å². The van der Waals surface area contributed by atoms with Crippen molar-refractivity contribution in [3.8, 4) is 5.75 Å². The fraction of sp³-hybridized carbons (Fsp3) is 0.579. The van der Waals surface area contributed by atoms with E-state index in [-0.39, 0.29) is 30.3 Å². The van der Waals surface area contributed by atoms with E-state index in [1.54, 1.807) is 19.1 Å². The third kappa shape index (κ3) is 3.63. The predicted octanol–water partition coefficient (Wildman–Crippen LogP) is 1.99. The third-order valence-corrected chi connectivity index (χ3v) is 5.19. The number of likely N-dealkylation sites (tertiary alicyclic amines) is 1. The number of benzene rings is 1. The molecule has 0 aromatic heterocycles. The average Bonchev–Trinajstić information content (AvgIpc) is 3.02. The van der Waals surface area contributed by atoms with Crippen LogP contribution in [0.25, 0.3) is 0 Å². The Labute approximate surface area is 148 Å². The second-order valence-electron chi connectivity index (χ2n) is 6.84. The maximum atomic E-state index is 12.8. The Kier molecular flexibility index (Phi) is 5.27. The summed E-state index contributed by atoms with van der Waals surface area (Å²) >= 11 is 0. The first-order chi connectivity index (χ1) is 12.0. The Bertz CT molecular complexity index is 653. The van der Waals surface area contributed by atoms with E-state index in [1.165, 1.54) is 0 Å². The normalized spacial score (nSPS) is 21.7. The number of rotatable bonds is 4. The summed E-state index contributed by atoms with van der Waals surface area (Å²) < 4.78 is 10.8. The van der Waals surface area contributed by atoms with Gasteiger partial charge in [0.2, 0.25) is 11.8 Å². The molecule has 0 N–H and O–H groups in total. The van der Waals surface area contributed by atoms with Gasteiger partial charge in [0.15, 0.2) is 0 Å². The molecule has 2 heterocycles. The molecule has 2 aliphatic rings. The van der Waals surface area contributed by atoms with Crippen molar-refractivity contribution in [2.75, 3.05) is 38.8 Å². The van der Waals surface area contributed by atoms with Crippen molar-refractivity contribution in [2.45, 2.75) is 32.3 Å². The average molecular weight is 346 g/mol. The molecule has 0 bridgehead atoms. The molecule has 1 aromatic carbocycles. The first-order valence-corrected chi connectivity index (χ1v) is 8.80. The monoisotopic (exact) mass is 346 g/mol. The molecule has 2 aliphatic heterocycles. The molecule has 3 rings (SSSR count). The van der Waals surface area contributed by atoms with E-state index < -0.39 is 0 Å². The zero-order valence-corrected chi connectivity index (χ0v) is 15.2. The van der Waals surface area contributed by atoms with Crippen molar-refractivity contribution in [3.05, 3.63) is 23.8 Å². The molecular weight excluding hydrogens is 320 g/mol. The van der Waals surface area contributed by atoms with Gasteiger partial charge in [0.1, 0.15) is 5.75 Å². The van der Waals surface area contributed by atoms with Gasteiger partial charge in [-0.05, 0) is 37.5 Å². The third-order valence-electron chi connectivity index (χ3n) is 5.19. The SMILES string of the molecule is COc1ccc(C)cc1N1C[C@@H](C(=O)N2CCC(OC)CC2)CC1=O. The van der Waals surface area contributed by atoms with Gasteiger partial charge in [-0.15, -0.1) is 0 Å². The van der Waals surface area contributed by atoms with E-state index in [0.29, 0.717) is 25.4 Å². The number of carbonyl (C=O) groups is 2. The summed E-state index contributed by atoms with van der Waals surface area (Å²) in [5, 5.41) is 0. The summed E-state index contributed by atoms with van der Waals surface area (Å²) in [4.78, 5) is 28.9. The van der Waals surface area contributed by atoms with Crippen LogP contribution in [0.5, 0.6) is 5.75 Å². The largest absolute Gasteiger partial charge is 0.495 e. The van der Waals surface area contributed by atoms with E-state index in [0.717, 1.165) is 24.1 Å². The molecule has 0 spiro atoms. The number of methoxy groups -OCH3 is 2. The van der Waals surface area contributed by atoms with Crippen LogP contribution in [0.3, 0.4) is 0 Å². The van der Waals surface area contributed by atoms with E-state index in [1.807, 2.05) is 30.0 Å². The topological polar surface area (TPSA) is 59.1 Å². The van der Waals surface area contributed by atoms with Crippen molar-refractivity contribution in [1.29, 1.82) is 0 Å². The van der Waals surface area contributed by atoms with Crippen LogP contribution < -0.4 is 9.64 Å². The van der Waals surface area contributed by atoms with Gasteiger partial charge in [0.25, 0.3) is 0 Å². The quantitative estimate of drug-likeness (QED) is 0.837. The highest BCUT2D eigenvalue weighted by Crippen LogP contribution is 2.34. The number of nitrogens with zero attached hydrogens (tertiary/aromatic N) is 2. The van der Waals surface area contributed by atoms with Crippen LogP contribution >= 0.6 is 0 Å². The van der Waals surface area contributed by atoms with E-state index in [4.69, 9.17) is 9.47 Å². The van der Waals surface area contributed by atoms with Crippen LogP contribution in [0.1, 0.15) is 24.8 Å². The molecule has 0 unspecified atom stereocenters. The van der Waals surface area contributed by atoms with Crippen LogP contribution in [0.15, 0.2) is 18.2 Å². The Balaban J connectivity index is 1.70. The minimum atomic E-state index is -0.281. The maximum Gasteiger partial charge on any atom is 0.228 e. The number of anilines is 1. The van der Waals surface area contributed by atoms with Gasteiger partial charge in [0, 0.05) is 33.2 Å². The minimum Gasteiger partial charge on any atom is -0.495 e. The highest BCUT2D eigenvalue weighted by Gasteiger charge is 2.39. The first kappa shape index (κ1) is 17.7. The van der Waals surface area contributed by atoms with Crippen LogP contribution in [0, 0.1) is 12.8 Å². The van der Waals surface area contributed by atoms with Crippen LogP contribution in [0.4, 0.5) is 5.69 Å². The fourth-order valence-corrected chi connectivity index (χ4v) is 3.69. The number of hydrogen-bond acceptors (Lipinski definition) is 4. The Morgan fingerprint density at radius 2 is 1.92 bits per heavy atom. The Hall–Kier alpha value is -2.08. The Morgan fingerprint density at radius 1 is 1.20 bits per heavy atom. The van der Waals surface area contributed by atoms with Crippen LogP contribution in [-0.4, -0.2) is 56.7 Å². The van der Waals surface area contributed by atoms with Gasteiger partial charge in [-0.2, -0.15) is 0 Å². The van der Waals surface area contributed by atoms with Crippen molar-refractivity contribution >= 4 is 17.5 Å². The van der Waals surface area contributed by atoms with Gasteiger partial charge >= 0.3 is 0 Å². The van der Waals surface area contributed by atoms with E-state index in [2.05, 4.69) is 0 Å². The van der Waals surface area contributed by atoms with Crippen molar-refractivity contribution in [2.24, 2.45) is 5.92 Å². The summed E-state index contributed by atoms with van der Waals surface area (Å²) in [6.45, 7) is 3.80. The number of amides is 2. The summed E-state index contributed by atoms with van der Waals surface area (Å²) in [6, 6.07) is 5.75. The van der Waals surface area contributed by atoms with Gasteiger partial charge < -0.3 is 19.3 Å². The maximum absolute atomic E-state index is 12.8. The van der Waals surface area contributed by atoms with E-state index in [9.17, 15) is 9.59 Å². The van der Waals surface area contributed by atoms with Gasteiger partial charge in [-0.25, -0.2) is 0 Å². The second-order valence-corrected chi connectivity index (χ2v) is 6.84. The number of piperidine rings is 1.